The van der Waals surface area contributed by atoms with Crippen molar-refractivity contribution < 1.29 is 9.18 Å². The predicted octanol–water partition coefficient (Wildman–Crippen LogP) is 3.73. The Morgan fingerprint density at radius 1 is 1.06 bits per heavy atom. The van der Waals surface area contributed by atoms with Crippen LogP contribution in [-0.2, 0) is 11.2 Å². The van der Waals surface area contributed by atoms with Crippen molar-refractivity contribution in [2.45, 2.75) is 11.3 Å². The topological polar surface area (TPSA) is 17.1 Å². The standard InChI is InChI=1S/C15H13FOS/c16-13-7-4-8-15(10-13)18-11-14(17)9-12-5-2-1-3-6-12/h1-8,10H,9,11H2. The lowest BCUT2D eigenvalue weighted by Gasteiger charge is -2.02. The van der Waals surface area contributed by atoms with Gasteiger partial charge >= 0.3 is 0 Å². The molecule has 2 aromatic carbocycles. The van der Waals surface area contributed by atoms with Crippen LogP contribution in [0.5, 0.6) is 0 Å². The number of hydrogen-bond donors (Lipinski definition) is 0. The van der Waals surface area contributed by atoms with Gasteiger partial charge in [-0.1, -0.05) is 36.4 Å². The summed E-state index contributed by atoms with van der Waals surface area (Å²) >= 11 is 1.37. The molecule has 0 bridgehead atoms. The van der Waals surface area contributed by atoms with Crippen molar-refractivity contribution in [3.8, 4) is 0 Å². The quantitative estimate of drug-likeness (QED) is 0.762. The van der Waals surface area contributed by atoms with E-state index < -0.39 is 0 Å². The molecule has 0 amide bonds. The Hall–Kier alpha value is -1.61. The van der Waals surface area contributed by atoms with Crippen molar-refractivity contribution in [3.63, 3.8) is 0 Å². The zero-order chi connectivity index (χ0) is 12.8. The van der Waals surface area contributed by atoms with Crippen LogP contribution in [0.3, 0.4) is 0 Å². The van der Waals surface area contributed by atoms with Gasteiger partial charge in [-0.3, -0.25) is 4.79 Å². The number of hydrogen-bond acceptors (Lipinski definition) is 2. The summed E-state index contributed by atoms with van der Waals surface area (Å²) in [6.45, 7) is 0. The average Bonchev–Trinajstić information content (AvgIpc) is 2.38. The van der Waals surface area contributed by atoms with E-state index in [4.69, 9.17) is 0 Å². The molecule has 0 heterocycles. The Morgan fingerprint density at radius 3 is 2.56 bits per heavy atom. The van der Waals surface area contributed by atoms with Crippen molar-refractivity contribution >= 4 is 17.5 Å². The number of Topliss-reactive ketones (excluding diaryl/α,β-unsaturated/α-hetero) is 1. The molecule has 1 nitrogen and oxygen atoms in total. The van der Waals surface area contributed by atoms with Crippen LogP contribution in [0.2, 0.25) is 0 Å². The van der Waals surface area contributed by atoms with E-state index in [-0.39, 0.29) is 11.6 Å². The monoisotopic (exact) mass is 260 g/mol. The zero-order valence-corrected chi connectivity index (χ0v) is 10.6. The van der Waals surface area contributed by atoms with Gasteiger partial charge < -0.3 is 0 Å². The van der Waals surface area contributed by atoms with Crippen molar-refractivity contribution in [3.05, 3.63) is 66.0 Å². The molecule has 0 saturated heterocycles. The summed E-state index contributed by atoms with van der Waals surface area (Å²) in [5.41, 5.74) is 1.02. The van der Waals surface area contributed by atoms with Crippen LogP contribution in [0.15, 0.2) is 59.5 Å². The summed E-state index contributed by atoms with van der Waals surface area (Å²) in [5, 5.41) is 0. The summed E-state index contributed by atoms with van der Waals surface area (Å²) in [5.74, 6) is 0.254. The molecule has 0 N–H and O–H groups in total. The molecule has 0 radical (unpaired) electrons. The Balaban J connectivity index is 1.85. The zero-order valence-electron chi connectivity index (χ0n) is 9.80. The minimum Gasteiger partial charge on any atom is -0.298 e. The molecule has 0 fully saturated rings. The summed E-state index contributed by atoms with van der Waals surface area (Å²) in [7, 11) is 0. The van der Waals surface area contributed by atoms with E-state index in [9.17, 15) is 9.18 Å². The molecule has 92 valence electrons. The molecule has 0 aliphatic heterocycles. The molecule has 0 aromatic heterocycles. The van der Waals surface area contributed by atoms with Gasteiger partial charge in [-0.25, -0.2) is 4.39 Å². The first-order valence-electron chi connectivity index (χ1n) is 5.68. The van der Waals surface area contributed by atoms with Gasteiger partial charge in [0.25, 0.3) is 0 Å². The first-order chi connectivity index (χ1) is 8.74. The maximum absolute atomic E-state index is 12.9. The van der Waals surface area contributed by atoms with E-state index in [1.54, 1.807) is 6.07 Å². The van der Waals surface area contributed by atoms with E-state index in [1.165, 1.54) is 23.9 Å². The van der Waals surface area contributed by atoms with Crippen molar-refractivity contribution in [2.24, 2.45) is 0 Å². The molecule has 2 aromatic rings. The van der Waals surface area contributed by atoms with Gasteiger partial charge in [0, 0.05) is 11.3 Å². The number of ketones is 1. The van der Waals surface area contributed by atoms with Crippen LogP contribution in [-0.4, -0.2) is 11.5 Å². The van der Waals surface area contributed by atoms with E-state index in [2.05, 4.69) is 0 Å². The number of thioether (sulfide) groups is 1. The second kappa shape index (κ2) is 6.36. The molecular formula is C15H13FOS. The average molecular weight is 260 g/mol. The maximum Gasteiger partial charge on any atom is 0.147 e. The molecule has 0 aliphatic carbocycles. The normalized spacial score (nSPS) is 10.3. The fraction of sp³-hybridized carbons (Fsp3) is 0.133. The first kappa shape index (κ1) is 12.8. The number of carbonyl (C=O) groups is 1. The van der Waals surface area contributed by atoms with Crippen molar-refractivity contribution in [1.29, 1.82) is 0 Å². The van der Waals surface area contributed by atoms with Gasteiger partial charge in [0.05, 0.1) is 5.75 Å². The molecule has 0 spiro atoms. The SMILES string of the molecule is O=C(CSc1cccc(F)c1)Cc1ccccc1. The van der Waals surface area contributed by atoms with Crippen LogP contribution in [0.25, 0.3) is 0 Å². The highest BCUT2D eigenvalue weighted by Crippen LogP contribution is 2.19. The van der Waals surface area contributed by atoms with E-state index >= 15 is 0 Å². The third-order valence-corrected chi connectivity index (χ3v) is 3.49. The fourth-order valence-electron chi connectivity index (χ4n) is 1.60. The molecule has 3 heteroatoms. The molecule has 0 unspecified atom stereocenters. The third kappa shape index (κ3) is 4.00. The van der Waals surface area contributed by atoms with E-state index in [1.807, 2.05) is 36.4 Å². The van der Waals surface area contributed by atoms with Crippen molar-refractivity contribution in [2.75, 3.05) is 5.75 Å². The molecule has 0 aliphatic rings. The Kier molecular flexibility index (Phi) is 4.53. The number of rotatable bonds is 5. The van der Waals surface area contributed by atoms with E-state index in [0.717, 1.165) is 10.5 Å². The summed E-state index contributed by atoms with van der Waals surface area (Å²) in [4.78, 5) is 12.5. The number of carbonyl (C=O) groups excluding carboxylic acids is 1. The van der Waals surface area contributed by atoms with Gasteiger partial charge in [0.2, 0.25) is 0 Å². The van der Waals surface area contributed by atoms with E-state index in [0.29, 0.717) is 12.2 Å². The first-order valence-corrected chi connectivity index (χ1v) is 6.66. The van der Waals surface area contributed by atoms with Crippen LogP contribution in [0, 0.1) is 5.82 Å². The third-order valence-electron chi connectivity index (χ3n) is 2.44. The fourth-order valence-corrected chi connectivity index (χ4v) is 2.40. The molecule has 2 rings (SSSR count). The molecule has 18 heavy (non-hydrogen) atoms. The van der Waals surface area contributed by atoms with Crippen LogP contribution in [0.1, 0.15) is 5.56 Å². The number of benzene rings is 2. The van der Waals surface area contributed by atoms with Crippen LogP contribution >= 0.6 is 11.8 Å². The molecule has 0 saturated carbocycles. The smallest absolute Gasteiger partial charge is 0.147 e. The van der Waals surface area contributed by atoms with Crippen LogP contribution in [0.4, 0.5) is 4.39 Å². The van der Waals surface area contributed by atoms with Gasteiger partial charge in [-0.05, 0) is 23.8 Å². The summed E-state index contributed by atoms with van der Waals surface area (Å²) in [6.07, 6.45) is 0.434. The molecular weight excluding hydrogens is 247 g/mol. The highest BCUT2D eigenvalue weighted by atomic mass is 32.2. The van der Waals surface area contributed by atoms with Gasteiger partial charge in [-0.2, -0.15) is 0 Å². The lowest BCUT2D eigenvalue weighted by Crippen LogP contribution is -2.05. The Bertz CT molecular complexity index is 525. The van der Waals surface area contributed by atoms with Gasteiger partial charge in [0.1, 0.15) is 11.6 Å². The maximum atomic E-state index is 12.9. The Labute approximate surface area is 110 Å². The highest BCUT2D eigenvalue weighted by Gasteiger charge is 2.05. The Morgan fingerprint density at radius 2 is 1.83 bits per heavy atom. The predicted molar refractivity (Wildman–Crippen MR) is 72.3 cm³/mol. The lowest BCUT2D eigenvalue weighted by atomic mass is 10.1. The lowest BCUT2D eigenvalue weighted by molar-refractivity contribution is -0.116. The van der Waals surface area contributed by atoms with Crippen LogP contribution < -0.4 is 0 Å². The largest absolute Gasteiger partial charge is 0.298 e. The molecule has 0 atom stereocenters. The minimum absolute atomic E-state index is 0.149. The minimum atomic E-state index is -0.268. The second-order valence-electron chi connectivity index (χ2n) is 3.95. The van der Waals surface area contributed by atoms with Gasteiger partial charge in [0.15, 0.2) is 0 Å². The number of halogens is 1. The second-order valence-corrected chi connectivity index (χ2v) is 5.00. The van der Waals surface area contributed by atoms with Gasteiger partial charge in [-0.15, -0.1) is 11.8 Å². The summed E-state index contributed by atoms with van der Waals surface area (Å²) < 4.78 is 12.9. The summed E-state index contributed by atoms with van der Waals surface area (Å²) in [6, 6.07) is 15.9. The van der Waals surface area contributed by atoms with Crippen molar-refractivity contribution in [1.82, 2.24) is 0 Å². The highest BCUT2D eigenvalue weighted by molar-refractivity contribution is 8.00.